The predicted octanol–water partition coefficient (Wildman–Crippen LogP) is -1.32. The minimum atomic E-state index is -3.49. The fraction of sp³-hybridized carbons (Fsp3) is 0.625. The average molecular weight is 246 g/mol. The molecule has 16 heavy (non-hydrogen) atoms. The number of hydrogen-bond donors (Lipinski definition) is 3. The minimum Gasteiger partial charge on any atom is -0.374 e. The number of aromatic amines is 1. The number of nitrogens with zero attached hydrogens (tertiary/aromatic N) is 1. The van der Waals surface area contributed by atoms with Crippen LogP contribution in [0.3, 0.4) is 0 Å². The van der Waals surface area contributed by atoms with Gasteiger partial charge in [0.05, 0.1) is 18.9 Å². The van der Waals surface area contributed by atoms with Gasteiger partial charge < -0.3 is 10.1 Å². The summed E-state index contributed by atoms with van der Waals surface area (Å²) in [6.45, 7) is 2.33. The molecular formula is C8H14N4O3S. The molecular weight excluding hydrogens is 232 g/mol. The van der Waals surface area contributed by atoms with E-state index in [2.05, 4.69) is 20.2 Å². The van der Waals surface area contributed by atoms with Gasteiger partial charge in [-0.25, -0.2) is 13.1 Å². The molecule has 8 heteroatoms. The number of rotatable bonds is 4. The molecule has 1 aliphatic rings. The lowest BCUT2D eigenvalue weighted by Crippen LogP contribution is -2.45. The number of sulfonamides is 1. The van der Waals surface area contributed by atoms with E-state index in [0.717, 1.165) is 6.54 Å². The van der Waals surface area contributed by atoms with Crippen molar-refractivity contribution >= 4 is 10.0 Å². The third-order valence-electron chi connectivity index (χ3n) is 2.27. The van der Waals surface area contributed by atoms with E-state index in [4.69, 9.17) is 4.74 Å². The predicted molar refractivity (Wildman–Crippen MR) is 56.4 cm³/mol. The van der Waals surface area contributed by atoms with Crippen molar-refractivity contribution in [3.05, 3.63) is 12.3 Å². The monoisotopic (exact) mass is 246 g/mol. The van der Waals surface area contributed by atoms with Crippen molar-refractivity contribution in [3.8, 4) is 0 Å². The summed E-state index contributed by atoms with van der Waals surface area (Å²) in [4.78, 5) is 0. The lowest BCUT2D eigenvalue weighted by atomic mass is 10.3. The van der Waals surface area contributed by atoms with E-state index in [1.807, 2.05) is 0 Å². The first-order valence-corrected chi connectivity index (χ1v) is 6.48. The standard InChI is InChI=1S/C8H14N4O3S/c13-16(14,8-1-2-10-12-8)11-6-7-5-9-3-4-15-7/h1-2,7,9,11H,3-6H2,(H,10,12). The maximum atomic E-state index is 11.7. The Morgan fingerprint density at radius 2 is 2.50 bits per heavy atom. The molecule has 1 atom stereocenters. The van der Waals surface area contributed by atoms with Gasteiger partial charge in [0.15, 0.2) is 5.03 Å². The zero-order valence-corrected chi connectivity index (χ0v) is 9.46. The summed E-state index contributed by atoms with van der Waals surface area (Å²) in [5.41, 5.74) is 0. The van der Waals surface area contributed by atoms with Crippen molar-refractivity contribution in [1.29, 1.82) is 0 Å². The topological polar surface area (TPSA) is 96.1 Å². The average Bonchev–Trinajstić information content (AvgIpc) is 2.82. The highest BCUT2D eigenvalue weighted by atomic mass is 32.2. The first-order valence-electron chi connectivity index (χ1n) is 5.00. The molecule has 1 aliphatic heterocycles. The second-order valence-electron chi connectivity index (χ2n) is 3.47. The molecule has 1 saturated heterocycles. The van der Waals surface area contributed by atoms with Crippen LogP contribution in [-0.4, -0.2) is 51.0 Å². The Morgan fingerprint density at radius 1 is 1.62 bits per heavy atom. The van der Waals surface area contributed by atoms with E-state index in [1.165, 1.54) is 12.3 Å². The Balaban J connectivity index is 1.89. The second kappa shape index (κ2) is 4.91. The van der Waals surface area contributed by atoms with E-state index in [-0.39, 0.29) is 17.7 Å². The van der Waals surface area contributed by atoms with Gasteiger partial charge in [-0.05, 0) is 6.07 Å². The molecule has 0 aliphatic carbocycles. The molecule has 1 fully saturated rings. The van der Waals surface area contributed by atoms with Crippen LogP contribution in [0.5, 0.6) is 0 Å². The van der Waals surface area contributed by atoms with Crippen molar-refractivity contribution in [2.24, 2.45) is 0 Å². The van der Waals surface area contributed by atoms with E-state index in [9.17, 15) is 8.42 Å². The van der Waals surface area contributed by atoms with Crippen LogP contribution in [0.4, 0.5) is 0 Å². The van der Waals surface area contributed by atoms with Crippen LogP contribution in [0.25, 0.3) is 0 Å². The Labute approximate surface area is 93.6 Å². The Bertz CT molecular complexity index is 411. The molecule has 0 amide bonds. The second-order valence-corrected chi connectivity index (χ2v) is 5.21. The largest absolute Gasteiger partial charge is 0.374 e. The molecule has 2 heterocycles. The molecule has 1 unspecified atom stereocenters. The number of hydrogen-bond acceptors (Lipinski definition) is 5. The number of nitrogens with one attached hydrogen (secondary N) is 3. The van der Waals surface area contributed by atoms with Gasteiger partial charge >= 0.3 is 0 Å². The van der Waals surface area contributed by atoms with Crippen LogP contribution in [0.1, 0.15) is 0 Å². The van der Waals surface area contributed by atoms with Crippen molar-refractivity contribution in [2.45, 2.75) is 11.1 Å². The molecule has 0 bridgehead atoms. The van der Waals surface area contributed by atoms with E-state index >= 15 is 0 Å². The molecule has 1 aromatic rings. The van der Waals surface area contributed by atoms with Gasteiger partial charge in [-0.1, -0.05) is 0 Å². The summed E-state index contributed by atoms with van der Waals surface area (Å²) < 4.78 is 31.2. The smallest absolute Gasteiger partial charge is 0.257 e. The van der Waals surface area contributed by atoms with Crippen molar-refractivity contribution < 1.29 is 13.2 Å². The summed E-state index contributed by atoms with van der Waals surface area (Å²) in [7, 11) is -3.49. The normalized spacial score (nSPS) is 22.1. The highest BCUT2D eigenvalue weighted by Gasteiger charge is 2.19. The summed E-state index contributed by atoms with van der Waals surface area (Å²) in [6, 6.07) is 1.41. The number of ether oxygens (including phenoxy) is 1. The number of aromatic nitrogens is 2. The Morgan fingerprint density at radius 3 is 3.12 bits per heavy atom. The molecule has 2 rings (SSSR count). The van der Waals surface area contributed by atoms with E-state index in [0.29, 0.717) is 13.2 Å². The van der Waals surface area contributed by atoms with Gasteiger partial charge in [0, 0.05) is 19.6 Å². The van der Waals surface area contributed by atoms with Crippen LogP contribution in [0.2, 0.25) is 0 Å². The maximum absolute atomic E-state index is 11.7. The first-order chi connectivity index (χ1) is 7.68. The lowest BCUT2D eigenvalue weighted by Gasteiger charge is -2.23. The van der Waals surface area contributed by atoms with Gasteiger partial charge in [0.1, 0.15) is 0 Å². The zero-order valence-electron chi connectivity index (χ0n) is 8.64. The third-order valence-corrected chi connectivity index (χ3v) is 3.62. The summed E-state index contributed by atoms with van der Waals surface area (Å²) in [6.07, 6.45) is 1.28. The van der Waals surface area contributed by atoms with Gasteiger partial charge in [0.25, 0.3) is 10.0 Å². The van der Waals surface area contributed by atoms with Crippen LogP contribution < -0.4 is 10.0 Å². The van der Waals surface area contributed by atoms with Gasteiger partial charge in [-0.15, -0.1) is 0 Å². The summed E-state index contributed by atoms with van der Waals surface area (Å²) in [5, 5.41) is 9.20. The highest BCUT2D eigenvalue weighted by Crippen LogP contribution is 2.03. The molecule has 0 aromatic carbocycles. The summed E-state index contributed by atoms with van der Waals surface area (Å²) >= 11 is 0. The van der Waals surface area contributed by atoms with Crippen LogP contribution in [0.15, 0.2) is 17.3 Å². The van der Waals surface area contributed by atoms with E-state index in [1.54, 1.807) is 0 Å². The molecule has 0 radical (unpaired) electrons. The van der Waals surface area contributed by atoms with Gasteiger partial charge in [0.2, 0.25) is 0 Å². The molecule has 7 nitrogen and oxygen atoms in total. The summed E-state index contributed by atoms with van der Waals surface area (Å²) in [5.74, 6) is 0. The number of morpholine rings is 1. The fourth-order valence-corrected chi connectivity index (χ4v) is 2.40. The fourth-order valence-electron chi connectivity index (χ4n) is 1.42. The van der Waals surface area contributed by atoms with Crippen molar-refractivity contribution in [2.75, 3.05) is 26.2 Å². The quantitative estimate of drug-likeness (QED) is 0.612. The third kappa shape index (κ3) is 2.79. The molecule has 90 valence electrons. The highest BCUT2D eigenvalue weighted by molar-refractivity contribution is 7.89. The number of H-pyrrole nitrogens is 1. The van der Waals surface area contributed by atoms with Gasteiger partial charge in [-0.3, -0.25) is 5.10 Å². The Kier molecular flexibility index (Phi) is 3.54. The molecule has 0 saturated carbocycles. The Hall–Kier alpha value is -0.960. The SMILES string of the molecule is O=S(=O)(NCC1CNCCO1)c1ccn[nH]1. The molecule has 1 aromatic heterocycles. The van der Waals surface area contributed by atoms with Crippen molar-refractivity contribution in [1.82, 2.24) is 20.2 Å². The first kappa shape index (κ1) is 11.5. The zero-order chi connectivity index (χ0) is 11.4. The van der Waals surface area contributed by atoms with Crippen LogP contribution in [-0.2, 0) is 14.8 Å². The molecule has 3 N–H and O–H groups in total. The van der Waals surface area contributed by atoms with E-state index < -0.39 is 10.0 Å². The molecule has 0 spiro atoms. The van der Waals surface area contributed by atoms with Crippen LogP contribution in [0, 0.1) is 0 Å². The maximum Gasteiger partial charge on any atom is 0.257 e. The van der Waals surface area contributed by atoms with Crippen molar-refractivity contribution in [3.63, 3.8) is 0 Å². The van der Waals surface area contributed by atoms with Crippen LogP contribution >= 0.6 is 0 Å². The minimum absolute atomic E-state index is 0.0660. The van der Waals surface area contributed by atoms with Gasteiger partial charge in [-0.2, -0.15) is 5.10 Å². The lowest BCUT2D eigenvalue weighted by molar-refractivity contribution is 0.0324.